The third-order valence-electron chi connectivity index (χ3n) is 5.38. The first-order chi connectivity index (χ1) is 16.0. The molecule has 1 fully saturated rings. The minimum absolute atomic E-state index is 0.0972. The van der Waals surface area contributed by atoms with Gasteiger partial charge in [-0.15, -0.1) is 6.42 Å². The van der Waals surface area contributed by atoms with Crippen LogP contribution in [0.25, 0.3) is 0 Å². The number of terminal acetylenes is 1. The minimum Gasteiger partial charge on any atom is -0.497 e. The quantitative estimate of drug-likeness (QED) is 0.325. The summed E-state index contributed by atoms with van der Waals surface area (Å²) in [4.78, 5) is 18.9. The van der Waals surface area contributed by atoms with Crippen LogP contribution in [0.1, 0.15) is 17.5 Å². The predicted octanol–water partition coefficient (Wildman–Crippen LogP) is 2.06. The number of benzene rings is 2. The Hall–Kier alpha value is -3.70. The molecule has 1 aliphatic rings. The lowest BCUT2D eigenvalue weighted by atomic mass is 10.2. The van der Waals surface area contributed by atoms with Crippen molar-refractivity contribution in [1.82, 2.24) is 15.5 Å². The molecule has 8 nitrogen and oxygen atoms in total. The van der Waals surface area contributed by atoms with Crippen molar-refractivity contribution >= 4 is 17.6 Å². The fourth-order valence-corrected chi connectivity index (χ4v) is 3.75. The highest BCUT2D eigenvalue weighted by Gasteiger charge is 2.23. The smallest absolute Gasteiger partial charge is 0.243 e. The van der Waals surface area contributed by atoms with Crippen molar-refractivity contribution in [2.45, 2.75) is 19.0 Å². The lowest BCUT2D eigenvalue weighted by molar-refractivity contribution is -0.115. The van der Waals surface area contributed by atoms with E-state index in [1.807, 2.05) is 30.3 Å². The van der Waals surface area contributed by atoms with Gasteiger partial charge in [-0.25, -0.2) is 0 Å². The minimum atomic E-state index is -0.174. The van der Waals surface area contributed by atoms with Gasteiger partial charge in [-0.1, -0.05) is 12.0 Å². The van der Waals surface area contributed by atoms with Crippen LogP contribution < -0.4 is 25.4 Å². The highest BCUT2D eigenvalue weighted by Crippen LogP contribution is 2.24. The molecule has 2 aromatic rings. The molecular weight excluding hydrogens is 418 g/mol. The summed E-state index contributed by atoms with van der Waals surface area (Å²) in [5.74, 6) is 4.55. The van der Waals surface area contributed by atoms with Crippen LogP contribution in [0, 0.1) is 12.3 Å². The van der Waals surface area contributed by atoms with Crippen molar-refractivity contribution in [1.29, 1.82) is 0 Å². The van der Waals surface area contributed by atoms with Gasteiger partial charge in [-0.3, -0.25) is 14.7 Å². The van der Waals surface area contributed by atoms with Gasteiger partial charge in [-0.05, 0) is 42.3 Å². The molecule has 1 amide bonds. The fraction of sp³-hybridized carbons (Fsp3) is 0.360. The largest absolute Gasteiger partial charge is 0.497 e. The zero-order chi connectivity index (χ0) is 23.6. The molecule has 3 rings (SSSR count). The number of carbonyl (C=O) groups is 1. The molecule has 0 aliphatic carbocycles. The summed E-state index contributed by atoms with van der Waals surface area (Å²) in [7, 11) is 5.00. The fourth-order valence-electron chi connectivity index (χ4n) is 3.75. The van der Waals surface area contributed by atoms with Crippen LogP contribution in [0.5, 0.6) is 11.5 Å². The number of aliphatic imine (C=N–C) groups is 1. The Labute approximate surface area is 195 Å². The number of carbonyl (C=O) groups excluding carboxylic acids is 1. The first-order valence-corrected chi connectivity index (χ1v) is 10.8. The third kappa shape index (κ3) is 7.16. The molecule has 0 aromatic heterocycles. The Morgan fingerprint density at radius 3 is 2.64 bits per heavy atom. The number of amides is 1. The molecule has 1 atom stereocenters. The monoisotopic (exact) mass is 449 g/mol. The van der Waals surface area contributed by atoms with Gasteiger partial charge >= 0.3 is 0 Å². The van der Waals surface area contributed by atoms with Crippen LogP contribution in [-0.2, 0) is 11.3 Å². The number of hydrogen-bond acceptors (Lipinski definition) is 5. The highest BCUT2D eigenvalue weighted by molar-refractivity contribution is 5.95. The van der Waals surface area contributed by atoms with Gasteiger partial charge in [0.15, 0.2) is 5.96 Å². The molecule has 0 radical (unpaired) electrons. The standard InChI is InChI=1S/C25H31N5O3/c1-5-18-7-6-8-20(11-18)28-24(31)15-27-25(26-2)29-21-9-10-30(17-21)16-19-12-22(32-3)14-23(13-19)33-4/h1,6-8,11-14,21H,9-10,15-17H2,2-4H3,(H,28,31)(H2,26,27,29). The number of ether oxygens (including phenoxy) is 2. The van der Waals surface area contributed by atoms with Crippen LogP contribution in [0.2, 0.25) is 0 Å². The van der Waals surface area contributed by atoms with E-state index >= 15 is 0 Å². The van der Waals surface area contributed by atoms with Crippen molar-refractivity contribution < 1.29 is 14.3 Å². The van der Waals surface area contributed by atoms with Crippen LogP contribution in [0.3, 0.4) is 0 Å². The first kappa shape index (κ1) is 24.0. The molecule has 2 aromatic carbocycles. The van der Waals surface area contributed by atoms with Crippen molar-refractivity contribution in [3.8, 4) is 23.8 Å². The summed E-state index contributed by atoms with van der Waals surface area (Å²) in [6, 6.07) is 13.4. The highest BCUT2D eigenvalue weighted by atomic mass is 16.5. The number of hydrogen-bond donors (Lipinski definition) is 3. The van der Waals surface area contributed by atoms with Gasteiger partial charge in [0.2, 0.25) is 5.91 Å². The maximum Gasteiger partial charge on any atom is 0.243 e. The number of anilines is 1. The molecule has 1 heterocycles. The summed E-state index contributed by atoms with van der Waals surface area (Å²) < 4.78 is 10.7. The van der Waals surface area contributed by atoms with Gasteiger partial charge in [0.05, 0.1) is 20.8 Å². The average Bonchev–Trinajstić information content (AvgIpc) is 3.27. The Morgan fingerprint density at radius 1 is 1.21 bits per heavy atom. The van der Waals surface area contributed by atoms with E-state index in [1.54, 1.807) is 33.4 Å². The Bertz CT molecular complexity index is 1010. The number of rotatable bonds is 8. The number of guanidine groups is 1. The van der Waals surface area contributed by atoms with E-state index < -0.39 is 0 Å². The summed E-state index contributed by atoms with van der Waals surface area (Å²) >= 11 is 0. The summed E-state index contributed by atoms with van der Waals surface area (Å²) in [6.45, 7) is 2.72. The maximum absolute atomic E-state index is 12.3. The second-order valence-corrected chi connectivity index (χ2v) is 7.79. The van der Waals surface area contributed by atoms with Gasteiger partial charge in [-0.2, -0.15) is 0 Å². The maximum atomic E-state index is 12.3. The van der Waals surface area contributed by atoms with Crippen LogP contribution in [-0.4, -0.2) is 63.7 Å². The average molecular weight is 450 g/mol. The molecule has 0 spiro atoms. The molecule has 174 valence electrons. The van der Waals surface area contributed by atoms with Crippen molar-refractivity contribution in [2.75, 3.05) is 46.2 Å². The molecule has 33 heavy (non-hydrogen) atoms. The second-order valence-electron chi connectivity index (χ2n) is 7.79. The molecule has 1 saturated heterocycles. The van der Waals surface area contributed by atoms with E-state index in [4.69, 9.17) is 15.9 Å². The number of nitrogens with zero attached hydrogens (tertiary/aromatic N) is 2. The zero-order valence-corrected chi connectivity index (χ0v) is 19.4. The van der Waals surface area contributed by atoms with Gasteiger partial charge < -0.3 is 25.4 Å². The lowest BCUT2D eigenvalue weighted by Gasteiger charge is -2.19. The van der Waals surface area contributed by atoms with Crippen molar-refractivity contribution in [2.24, 2.45) is 4.99 Å². The van der Waals surface area contributed by atoms with E-state index in [1.165, 1.54) is 0 Å². The van der Waals surface area contributed by atoms with E-state index in [0.29, 0.717) is 11.6 Å². The summed E-state index contributed by atoms with van der Waals surface area (Å²) in [5, 5.41) is 9.31. The number of nitrogens with one attached hydrogen (secondary N) is 3. The second kappa shape index (κ2) is 11.8. The Kier molecular flexibility index (Phi) is 8.56. The van der Waals surface area contributed by atoms with Crippen molar-refractivity contribution in [3.05, 3.63) is 53.6 Å². The van der Waals surface area contributed by atoms with Gasteiger partial charge in [0.1, 0.15) is 11.5 Å². The van der Waals surface area contributed by atoms with Crippen LogP contribution in [0.4, 0.5) is 5.69 Å². The molecular formula is C25H31N5O3. The summed E-state index contributed by atoms with van der Waals surface area (Å²) in [6.07, 6.45) is 6.39. The van der Waals surface area contributed by atoms with E-state index in [2.05, 4.69) is 31.8 Å². The lowest BCUT2D eigenvalue weighted by Crippen LogP contribution is -2.46. The number of likely N-dealkylation sites (tertiary alicyclic amines) is 1. The van der Waals surface area contributed by atoms with E-state index in [9.17, 15) is 4.79 Å². The molecule has 1 aliphatic heterocycles. The SMILES string of the molecule is C#Cc1cccc(NC(=O)CNC(=NC)NC2CCN(Cc3cc(OC)cc(OC)c3)C2)c1. The predicted molar refractivity (Wildman–Crippen MR) is 131 cm³/mol. The Balaban J connectivity index is 1.46. The van der Waals surface area contributed by atoms with Crippen LogP contribution >= 0.6 is 0 Å². The Morgan fingerprint density at radius 2 is 1.97 bits per heavy atom. The third-order valence-corrected chi connectivity index (χ3v) is 5.38. The number of methoxy groups -OCH3 is 2. The molecule has 0 bridgehead atoms. The first-order valence-electron chi connectivity index (χ1n) is 10.8. The molecule has 1 unspecified atom stereocenters. The molecule has 3 N–H and O–H groups in total. The topological polar surface area (TPSA) is 87.2 Å². The van der Waals surface area contributed by atoms with Crippen molar-refractivity contribution in [3.63, 3.8) is 0 Å². The van der Waals surface area contributed by atoms with Crippen LogP contribution in [0.15, 0.2) is 47.5 Å². The van der Waals surface area contributed by atoms with E-state index in [0.717, 1.165) is 48.7 Å². The van der Waals surface area contributed by atoms with Gasteiger partial charge in [0.25, 0.3) is 0 Å². The van der Waals surface area contributed by atoms with Gasteiger partial charge in [0, 0.05) is 50.0 Å². The zero-order valence-electron chi connectivity index (χ0n) is 19.4. The molecule has 8 heteroatoms. The molecule has 0 saturated carbocycles. The normalized spacial score (nSPS) is 16.1. The summed E-state index contributed by atoms with van der Waals surface area (Å²) in [5.41, 5.74) is 2.53. The van der Waals surface area contributed by atoms with E-state index in [-0.39, 0.29) is 18.5 Å².